The molecule has 7 rings (SSSR count). The van der Waals surface area contributed by atoms with Gasteiger partial charge in [-0.05, 0) is 91.1 Å². The van der Waals surface area contributed by atoms with Gasteiger partial charge in [-0.2, -0.15) is 9.61 Å². The summed E-state index contributed by atoms with van der Waals surface area (Å²) in [5, 5.41) is 5.16. The predicted molar refractivity (Wildman–Crippen MR) is 200 cm³/mol. The van der Waals surface area contributed by atoms with E-state index in [1.807, 2.05) is 81.6 Å². The second-order valence-electron chi connectivity index (χ2n) is 14.8. The van der Waals surface area contributed by atoms with Crippen LogP contribution in [0.25, 0.3) is 28.0 Å². The van der Waals surface area contributed by atoms with Crippen LogP contribution >= 0.6 is 0 Å². The fourth-order valence-electron chi connectivity index (χ4n) is 6.82. The van der Waals surface area contributed by atoms with Crippen LogP contribution in [0.15, 0.2) is 60.7 Å². The minimum Gasteiger partial charge on any atom is -0.490 e. The summed E-state index contributed by atoms with van der Waals surface area (Å²) in [7, 11) is 1.37. The van der Waals surface area contributed by atoms with Crippen LogP contribution in [0.4, 0.5) is 5.82 Å². The Bertz CT molecular complexity index is 1970. The third-order valence-electron chi connectivity index (χ3n) is 9.52. The summed E-state index contributed by atoms with van der Waals surface area (Å²) >= 11 is 0. The summed E-state index contributed by atoms with van der Waals surface area (Å²) in [6, 6.07) is 15.3. The Morgan fingerprint density at radius 2 is 1.81 bits per heavy atom. The smallest absolute Gasteiger partial charge is 0.340 e. The average molecular weight is 711 g/mol. The Labute approximate surface area is 305 Å². The maximum Gasteiger partial charge on any atom is 0.340 e. The van der Waals surface area contributed by atoms with Crippen molar-refractivity contribution in [3.8, 4) is 28.1 Å². The first-order chi connectivity index (χ1) is 24.8. The molecule has 2 aromatic carbocycles. The minimum atomic E-state index is -1.02. The molecule has 0 spiro atoms. The molecule has 6 bridgehead atoms. The Morgan fingerprint density at radius 3 is 2.52 bits per heavy atom. The number of esters is 2. The number of nitrogens with zero attached hydrogens (tertiary/aromatic N) is 4. The lowest BCUT2D eigenvalue weighted by Gasteiger charge is -2.41. The van der Waals surface area contributed by atoms with Crippen LogP contribution in [0.1, 0.15) is 88.5 Å². The molecule has 0 N–H and O–H groups in total. The number of benzene rings is 2. The van der Waals surface area contributed by atoms with Gasteiger partial charge in [0.1, 0.15) is 11.6 Å². The van der Waals surface area contributed by atoms with Gasteiger partial charge < -0.3 is 28.6 Å². The highest BCUT2D eigenvalue weighted by atomic mass is 16.6. The highest BCUT2D eigenvalue weighted by Gasteiger charge is 2.38. The lowest BCUT2D eigenvalue weighted by atomic mass is 9.92. The van der Waals surface area contributed by atoms with E-state index < -0.39 is 23.6 Å². The number of hydrogen-bond acceptors (Lipinski definition) is 10. The first-order valence-electron chi connectivity index (χ1n) is 18.1. The molecule has 1 fully saturated rings. The quantitative estimate of drug-likeness (QED) is 0.151. The largest absolute Gasteiger partial charge is 0.490 e. The van der Waals surface area contributed by atoms with Gasteiger partial charge >= 0.3 is 11.9 Å². The zero-order valence-corrected chi connectivity index (χ0v) is 31.5. The number of piperidine rings is 1. The molecule has 0 unspecified atom stereocenters. The van der Waals surface area contributed by atoms with Crippen molar-refractivity contribution in [2.24, 2.45) is 0 Å². The Balaban J connectivity index is 1.56. The fourth-order valence-corrected chi connectivity index (χ4v) is 6.82. The first kappa shape index (κ1) is 37.0. The molecule has 276 valence electrons. The van der Waals surface area contributed by atoms with Crippen molar-refractivity contribution in [2.75, 3.05) is 38.3 Å². The summed E-state index contributed by atoms with van der Waals surface area (Å²) in [4.78, 5) is 33.5. The van der Waals surface area contributed by atoms with E-state index in [9.17, 15) is 9.59 Å². The molecule has 4 aromatic rings. The topological polar surface area (TPSA) is 114 Å². The Hall–Kier alpha value is -4.74. The maximum absolute atomic E-state index is 13.7. The second kappa shape index (κ2) is 15.1. The van der Waals surface area contributed by atoms with Gasteiger partial charge in [0.25, 0.3) is 0 Å². The molecule has 2 atom stereocenters. The van der Waals surface area contributed by atoms with Gasteiger partial charge in [-0.15, -0.1) is 0 Å². The van der Waals surface area contributed by atoms with Gasteiger partial charge in [-0.25, -0.2) is 14.6 Å². The van der Waals surface area contributed by atoms with Crippen LogP contribution < -0.4 is 9.64 Å². The van der Waals surface area contributed by atoms with Gasteiger partial charge in [0.05, 0.1) is 54.5 Å². The van der Waals surface area contributed by atoms with Gasteiger partial charge in [-0.3, -0.25) is 0 Å². The summed E-state index contributed by atoms with van der Waals surface area (Å²) in [5.41, 5.74) is 4.52. The van der Waals surface area contributed by atoms with E-state index in [1.165, 1.54) is 7.11 Å². The average Bonchev–Trinajstić information content (AvgIpc) is 3.53. The summed E-state index contributed by atoms with van der Waals surface area (Å²) in [6.45, 7) is 15.7. The van der Waals surface area contributed by atoms with E-state index in [2.05, 4.69) is 17.9 Å². The molecule has 3 aliphatic heterocycles. The lowest BCUT2D eigenvalue weighted by molar-refractivity contribution is -0.166. The molecule has 11 nitrogen and oxygen atoms in total. The molecule has 5 heterocycles. The molecular formula is C41H50N4O7. The predicted octanol–water partition coefficient (Wildman–Crippen LogP) is 7.68. The molecule has 11 heteroatoms. The molecule has 0 aliphatic carbocycles. The van der Waals surface area contributed by atoms with E-state index in [0.717, 1.165) is 35.3 Å². The van der Waals surface area contributed by atoms with Crippen molar-refractivity contribution in [1.82, 2.24) is 14.6 Å². The van der Waals surface area contributed by atoms with Crippen LogP contribution in [0.2, 0.25) is 0 Å². The summed E-state index contributed by atoms with van der Waals surface area (Å²) < 4.78 is 31.9. The van der Waals surface area contributed by atoms with Crippen molar-refractivity contribution >= 4 is 23.4 Å². The molecule has 0 amide bonds. The van der Waals surface area contributed by atoms with Crippen LogP contribution in [-0.4, -0.2) is 77.3 Å². The van der Waals surface area contributed by atoms with Crippen LogP contribution in [0.5, 0.6) is 5.75 Å². The van der Waals surface area contributed by atoms with Crippen molar-refractivity contribution < 1.29 is 33.3 Å². The van der Waals surface area contributed by atoms with E-state index in [1.54, 1.807) is 19.1 Å². The van der Waals surface area contributed by atoms with Crippen LogP contribution in [0.3, 0.4) is 0 Å². The summed E-state index contributed by atoms with van der Waals surface area (Å²) in [6.07, 6.45) is 5.21. The van der Waals surface area contributed by atoms with Gasteiger partial charge in [-0.1, -0.05) is 30.4 Å². The fraction of sp³-hybridized carbons (Fsp3) is 0.463. The molecule has 0 saturated carbocycles. The van der Waals surface area contributed by atoms with Crippen LogP contribution in [0, 0.1) is 6.92 Å². The molecule has 52 heavy (non-hydrogen) atoms. The van der Waals surface area contributed by atoms with E-state index in [4.69, 9.17) is 33.8 Å². The maximum atomic E-state index is 13.7. The number of rotatable bonds is 5. The first-order valence-corrected chi connectivity index (χ1v) is 18.1. The molecule has 2 aromatic heterocycles. The standard InChI is InChI=1S/C41H50N4O7/c1-9-49-39(47)36(52-40(4,5)6)35-27(3)42-34-25-32-29-15-12-14-28(23-29)31-24-30(38(46)48-8)16-17-33(31)51-26(2)13-10-11-22-50-41(7)18-20-44(21-19-41)37(35)45(34)43-32/h10-12,14-17,23-26,36H,9,13,18-22H2,1-8H3/b11-10-/t26-,36-/m0/s1. The second-order valence-corrected chi connectivity index (χ2v) is 14.8. The van der Waals surface area contributed by atoms with E-state index >= 15 is 0 Å². The number of ether oxygens (including phenoxy) is 5. The third kappa shape index (κ3) is 8.00. The normalized spacial score (nSPS) is 20.5. The van der Waals surface area contributed by atoms with Gasteiger partial charge in [0.2, 0.25) is 0 Å². The number of anilines is 1. The Morgan fingerprint density at radius 1 is 1.06 bits per heavy atom. The van der Waals surface area contributed by atoms with Gasteiger partial charge in [0.15, 0.2) is 11.8 Å². The SMILES string of the molecule is CCOC(=O)[C@@H](OC(C)(C)C)c1c(C)nc2cc3nn2c1N1CCC(C)(CC1)OC/C=C\C[C@H](C)Oc1ccc(C(=O)OC)cc1-c1cccc-3c1. The Kier molecular flexibility index (Phi) is 10.7. The van der Waals surface area contributed by atoms with Crippen molar-refractivity contribution in [3.05, 3.63) is 77.5 Å². The van der Waals surface area contributed by atoms with Crippen molar-refractivity contribution in [2.45, 2.75) is 91.1 Å². The van der Waals surface area contributed by atoms with E-state index in [-0.39, 0.29) is 18.3 Å². The molecular weight excluding hydrogens is 660 g/mol. The number of methoxy groups -OCH3 is 1. The molecule has 3 aliphatic rings. The number of aryl methyl sites for hydroxylation is 1. The highest BCUT2D eigenvalue weighted by Crippen LogP contribution is 2.40. The zero-order valence-electron chi connectivity index (χ0n) is 31.5. The van der Waals surface area contributed by atoms with Gasteiger partial charge in [0, 0.05) is 42.4 Å². The van der Waals surface area contributed by atoms with Crippen molar-refractivity contribution in [3.63, 3.8) is 0 Å². The number of carbonyl (C=O) groups excluding carboxylic acids is 2. The highest BCUT2D eigenvalue weighted by molar-refractivity contribution is 5.92. The third-order valence-corrected chi connectivity index (χ3v) is 9.52. The number of fused-ring (bicyclic) bond motifs is 7. The number of aromatic nitrogens is 3. The molecule has 0 radical (unpaired) electrons. The van der Waals surface area contributed by atoms with Crippen LogP contribution in [-0.2, 0) is 23.7 Å². The number of hydrogen-bond donors (Lipinski definition) is 0. The number of carbonyl (C=O) groups is 2. The van der Waals surface area contributed by atoms with Crippen molar-refractivity contribution in [1.29, 1.82) is 0 Å². The van der Waals surface area contributed by atoms with E-state index in [0.29, 0.717) is 60.0 Å². The molecule has 1 saturated heterocycles. The summed E-state index contributed by atoms with van der Waals surface area (Å²) in [5.74, 6) is 0.500. The monoisotopic (exact) mass is 710 g/mol. The minimum absolute atomic E-state index is 0.132. The zero-order chi connectivity index (χ0) is 37.2. The lowest BCUT2D eigenvalue weighted by Crippen LogP contribution is -2.45.